The van der Waals surface area contributed by atoms with Crippen LogP contribution in [0.1, 0.15) is 19.7 Å². The number of hydrogen-bond donors (Lipinski definition) is 0. The summed E-state index contributed by atoms with van der Waals surface area (Å²) in [6.45, 7) is 6.07. The molecule has 0 atom stereocenters. The van der Waals surface area contributed by atoms with E-state index in [0.29, 0.717) is 0 Å². The van der Waals surface area contributed by atoms with Gasteiger partial charge in [-0.15, -0.1) is 22.7 Å². The number of rotatable bonds is 8. The number of hydrogen-bond acceptors (Lipinski definition) is 6. The lowest BCUT2D eigenvalue weighted by molar-refractivity contribution is -0.670. The normalized spacial score (nSPS) is 13.7. The third-order valence-electron chi connectivity index (χ3n) is 10.3. The van der Waals surface area contributed by atoms with Crippen molar-refractivity contribution in [3.05, 3.63) is 169 Å². The number of allylic oxidation sites excluding steroid dienone is 2. The van der Waals surface area contributed by atoms with E-state index < -0.39 is 0 Å². The van der Waals surface area contributed by atoms with Gasteiger partial charge in [0.2, 0.25) is 0 Å². The van der Waals surface area contributed by atoms with Crippen LogP contribution in [0.5, 0.6) is 0 Å². The predicted molar refractivity (Wildman–Crippen MR) is 232 cm³/mol. The zero-order chi connectivity index (χ0) is 36.9. The van der Waals surface area contributed by atoms with Gasteiger partial charge >= 0.3 is 0 Å². The van der Waals surface area contributed by atoms with Gasteiger partial charge in [0.25, 0.3) is 5.82 Å². The van der Waals surface area contributed by atoms with Gasteiger partial charge in [0, 0.05) is 29.4 Å². The number of para-hydroxylation sites is 4. The van der Waals surface area contributed by atoms with Crippen molar-refractivity contribution < 1.29 is 4.57 Å². The summed E-state index contributed by atoms with van der Waals surface area (Å²) in [5.74, 6) is 2.20. The van der Waals surface area contributed by atoms with Gasteiger partial charge in [0.1, 0.15) is 21.5 Å². The smallest absolute Gasteiger partial charge is 0.287 e. The Balaban J connectivity index is 1.10. The first-order valence-corrected chi connectivity index (χ1v) is 20.3. The van der Waals surface area contributed by atoms with Crippen LogP contribution < -0.4 is 14.4 Å². The number of thiazole rings is 2. The van der Waals surface area contributed by atoms with Crippen LogP contribution in [0.2, 0.25) is 0 Å². The maximum Gasteiger partial charge on any atom is 0.287 e. The van der Waals surface area contributed by atoms with E-state index in [4.69, 9.17) is 9.97 Å². The van der Waals surface area contributed by atoms with Gasteiger partial charge < -0.3 is 4.90 Å². The fourth-order valence-corrected chi connectivity index (χ4v) is 9.68. The lowest BCUT2D eigenvalue weighted by Crippen LogP contribution is -2.35. The number of aromatic nitrogens is 4. The molecule has 0 radical (unpaired) electrons. The first-order chi connectivity index (χ1) is 27.2. The average molecular weight is 750 g/mol. The van der Waals surface area contributed by atoms with Crippen LogP contribution in [0.4, 0.5) is 17.1 Å². The number of imidazole rings is 1. The van der Waals surface area contributed by atoms with Crippen LogP contribution in [-0.4, -0.2) is 21.1 Å². The molecule has 6 nitrogen and oxygen atoms in total. The molecule has 0 aliphatic carbocycles. The van der Waals surface area contributed by atoms with E-state index in [2.05, 4.69) is 197 Å². The minimum Gasteiger partial charge on any atom is -0.326 e. The summed E-state index contributed by atoms with van der Waals surface area (Å²) in [4.78, 5) is 14.8. The molecule has 1 aliphatic rings. The highest BCUT2D eigenvalue weighted by Crippen LogP contribution is 2.48. The lowest BCUT2D eigenvalue weighted by atomic mass is 10.1. The molecule has 3 aromatic heterocycles. The fraction of sp³-hybridized carbons (Fsp3) is 0.0851. The van der Waals surface area contributed by atoms with E-state index in [1.807, 2.05) is 0 Å². The minimum atomic E-state index is 0.813. The molecule has 10 rings (SSSR count). The van der Waals surface area contributed by atoms with Crippen LogP contribution in [0.25, 0.3) is 64.4 Å². The molecule has 266 valence electrons. The van der Waals surface area contributed by atoms with E-state index in [0.717, 1.165) is 79.5 Å². The highest BCUT2D eigenvalue weighted by atomic mass is 32.1. The second-order valence-corrected chi connectivity index (χ2v) is 15.5. The van der Waals surface area contributed by atoms with E-state index in [1.165, 1.54) is 20.6 Å². The first-order valence-electron chi connectivity index (χ1n) is 18.7. The highest BCUT2D eigenvalue weighted by molar-refractivity contribution is 7.22. The van der Waals surface area contributed by atoms with Crippen molar-refractivity contribution in [1.29, 1.82) is 0 Å². The number of aryl methyl sites for hydroxylation is 1. The Labute approximate surface area is 327 Å². The molecule has 0 N–H and O–H groups in total. The molecule has 4 heterocycles. The molecule has 0 saturated heterocycles. The maximum absolute atomic E-state index is 4.99. The Bertz CT molecular complexity index is 2850. The van der Waals surface area contributed by atoms with Crippen LogP contribution in [-0.2, 0) is 6.54 Å². The summed E-state index contributed by atoms with van der Waals surface area (Å²) in [6, 6.07) is 51.6. The second kappa shape index (κ2) is 13.8. The number of nitrogens with zero attached hydrogens (tertiary/aromatic N) is 6. The molecule has 0 spiro atoms. The molecule has 6 aromatic carbocycles. The van der Waals surface area contributed by atoms with Crippen LogP contribution >= 0.6 is 22.7 Å². The molecule has 0 unspecified atom stereocenters. The molecule has 1 aliphatic heterocycles. The summed E-state index contributed by atoms with van der Waals surface area (Å²) < 4.78 is 7.18. The van der Waals surface area contributed by atoms with Crippen molar-refractivity contribution in [2.45, 2.75) is 20.4 Å². The molecule has 8 heteroatoms. The molecule has 0 bridgehead atoms. The van der Waals surface area contributed by atoms with E-state index >= 15 is 0 Å². The van der Waals surface area contributed by atoms with Gasteiger partial charge in [0.15, 0.2) is 11.0 Å². The van der Waals surface area contributed by atoms with Crippen LogP contribution in [0.15, 0.2) is 164 Å². The van der Waals surface area contributed by atoms with E-state index in [1.54, 1.807) is 22.7 Å². The first kappa shape index (κ1) is 33.2. The predicted octanol–water partition coefficient (Wildman–Crippen LogP) is 12.0. The molecular weight excluding hydrogens is 713 g/mol. The Morgan fingerprint density at radius 3 is 1.85 bits per heavy atom. The van der Waals surface area contributed by atoms with Gasteiger partial charge in [-0.2, -0.15) is 4.57 Å². The summed E-state index contributed by atoms with van der Waals surface area (Å²) in [7, 11) is 0. The van der Waals surface area contributed by atoms with Gasteiger partial charge in [0.05, 0.1) is 38.4 Å². The monoisotopic (exact) mass is 749 g/mol. The van der Waals surface area contributed by atoms with Gasteiger partial charge in [-0.3, -0.25) is 4.90 Å². The third-order valence-corrected chi connectivity index (χ3v) is 12.4. The molecule has 0 saturated carbocycles. The molecular formula is C47H37N6S2+. The van der Waals surface area contributed by atoms with E-state index in [-0.39, 0.29) is 0 Å². The van der Waals surface area contributed by atoms with Gasteiger partial charge in [-0.25, -0.2) is 14.5 Å². The standard InChI is InChI=1S/C47H37N6S2/c1-3-50-40-30-32(46-48-36-20-11-13-22-42(36)54-46)26-28-38(40)52(34-16-7-5-8-17-34)44(50)24-15-25-45-51(4-2)41-31-33(47-49-37-21-12-14-23-43(37)55-47)27-29-39(41)53(45)35-18-9-6-10-19-35/h5-31H,3-4H2,1-2H3/q+1. The summed E-state index contributed by atoms with van der Waals surface area (Å²) in [6.07, 6.45) is 6.73. The lowest BCUT2D eigenvalue weighted by Gasteiger charge is -2.24. The topological polar surface area (TPSA) is 41.1 Å². The van der Waals surface area contributed by atoms with Crippen molar-refractivity contribution in [3.63, 3.8) is 0 Å². The van der Waals surface area contributed by atoms with Gasteiger partial charge in [-0.1, -0.05) is 66.7 Å². The van der Waals surface area contributed by atoms with Crippen molar-refractivity contribution in [1.82, 2.24) is 14.5 Å². The number of anilines is 3. The summed E-state index contributed by atoms with van der Waals surface area (Å²) in [5, 5.41) is 2.07. The summed E-state index contributed by atoms with van der Waals surface area (Å²) in [5.41, 5.74) is 11.2. The Morgan fingerprint density at radius 1 is 0.618 bits per heavy atom. The zero-order valence-electron chi connectivity index (χ0n) is 30.5. The number of benzene rings is 6. The average Bonchev–Trinajstić information content (AvgIpc) is 4.01. The Morgan fingerprint density at radius 2 is 1.22 bits per heavy atom. The number of fused-ring (bicyclic) bond motifs is 4. The zero-order valence-corrected chi connectivity index (χ0v) is 32.1. The SMILES string of the molecule is CCN1/C(=C/C=C/c2n(-c3ccccc3)c3ccc(-c4nc5ccccc5s4)cc3[n+]2CC)N(c2ccccc2)c2ccc(-c3nc4ccccc4s3)cc21. The van der Waals surface area contributed by atoms with Crippen molar-refractivity contribution in [2.75, 3.05) is 16.3 Å². The Hall–Kier alpha value is -6.35. The van der Waals surface area contributed by atoms with Crippen molar-refractivity contribution in [3.8, 4) is 26.8 Å². The van der Waals surface area contributed by atoms with Crippen LogP contribution in [0.3, 0.4) is 0 Å². The second-order valence-electron chi connectivity index (χ2n) is 13.5. The third kappa shape index (κ3) is 5.73. The largest absolute Gasteiger partial charge is 0.326 e. The van der Waals surface area contributed by atoms with Crippen molar-refractivity contribution in [2.24, 2.45) is 0 Å². The maximum atomic E-state index is 4.99. The quantitative estimate of drug-likeness (QED) is 0.145. The highest BCUT2D eigenvalue weighted by Gasteiger charge is 2.32. The molecule has 55 heavy (non-hydrogen) atoms. The fourth-order valence-electron chi connectivity index (χ4n) is 7.76. The summed E-state index contributed by atoms with van der Waals surface area (Å²) >= 11 is 3.48. The minimum absolute atomic E-state index is 0.813. The molecule has 0 amide bonds. The molecule has 9 aromatic rings. The van der Waals surface area contributed by atoms with Gasteiger partial charge in [-0.05, 0) is 105 Å². The van der Waals surface area contributed by atoms with Crippen molar-refractivity contribution >= 4 is 77.3 Å². The van der Waals surface area contributed by atoms with Crippen LogP contribution in [0, 0.1) is 0 Å². The molecule has 0 fully saturated rings. The van der Waals surface area contributed by atoms with E-state index in [9.17, 15) is 0 Å². The Kier molecular flexibility index (Phi) is 8.35.